The third-order valence-corrected chi connectivity index (χ3v) is 5.49. The van der Waals surface area contributed by atoms with Crippen molar-refractivity contribution in [2.75, 3.05) is 13.2 Å². The van der Waals surface area contributed by atoms with E-state index in [1.807, 2.05) is 30.5 Å². The van der Waals surface area contributed by atoms with E-state index in [4.69, 9.17) is 5.11 Å². The Kier molecular flexibility index (Phi) is 5.23. The van der Waals surface area contributed by atoms with Gasteiger partial charge in [0.05, 0.1) is 23.2 Å². The van der Waals surface area contributed by atoms with Crippen LogP contribution in [-0.2, 0) is 6.18 Å². The van der Waals surface area contributed by atoms with Crippen LogP contribution in [0.3, 0.4) is 0 Å². The molecule has 0 unspecified atom stereocenters. The Hall–Kier alpha value is -3.32. The van der Waals surface area contributed by atoms with E-state index < -0.39 is 11.7 Å². The molecule has 0 saturated heterocycles. The van der Waals surface area contributed by atoms with Gasteiger partial charge in [0.2, 0.25) is 0 Å². The van der Waals surface area contributed by atoms with Crippen molar-refractivity contribution in [2.24, 2.45) is 0 Å². The number of benzene rings is 3. The Morgan fingerprint density at radius 3 is 2.23 bits per heavy atom. The van der Waals surface area contributed by atoms with E-state index in [2.05, 4.69) is 5.32 Å². The lowest BCUT2D eigenvalue weighted by Crippen LogP contribution is -2.26. The molecule has 1 amide bonds. The van der Waals surface area contributed by atoms with Crippen LogP contribution in [0.4, 0.5) is 13.2 Å². The number of fused-ring (bicyclic) bond motifs is 3. The highest BCUT2D eigenvalue weighted by molar-refractivity contribution is 6.12. The first kappa shape index (κ1) is 20.9. The molecule has 0 bridgehead atoms. The van der Waals surface area contributed by atoms with Gasteiger partial charge in [0.15, 0.2) is 0 Å². The molecule has 31 heavy (non-hydrogen) atoms. The zero-order valence-electron chi connectivity index (χ0n) is 17.0. The van der Waals surface area contributed by atoms with Crippen molar-refractivity contribution in [3.8, 4) is 5.69 Å². The Balaban J connectivity index is 1.95. The van der Waals surface area contributed by atoms with E-state index >= 15 is 0 Å². The van der Waals surface area contributed by atoms with Gasteiger partial charge in [-0.2, -0.15) is 13.2 Å². The van der Waals surface area contributed by atoms with Gasteiger partial charge in [0.25, 0.3) is 5.91 Å². The average Bonchev–Trinajstić information content (AvgIpc) is 3.04. The van der Waals surface area contributed by atoms with E-state index in [0.717, 1.165) is 45.1 Å². The standard InChI is InChI=1S/C24H21F3N2O2/c1-14-11-19-20-13-16(23(31)28-9-10-30)3-8-21(20)29(22(19)12-15(14)2)18-6-4-17(5-7-18)24(25,26)27/h3-8,11-13,30H,9-10H2,1-2H3,(H,28,31). The van der Waals surface area contributed by atoms with Gasteiger partial charge in [0.1, 0.15) is 0 Å². The van der Waals surface area contributed by atoms with Crippen LogP contribution in [0, 0.1) is 13.8 Å². The summed E-state index contributed by atoms with van der Waals surface area (Å²) in [6.07, 6.45) is -4.40. The molecule has 4 rings (SSSR count). The van der Waals surface area contributed by atoms with Crippen LogP contribution in [0.2, 0.25) is 0 Å². The summed E-state index contributed by atoms with van der Waals surface area (Å²) in [6.45, 7) is 3.98. The van der Waals surface area contributed by atoms with Crippen LogP contribution < -0.4 is 5.32 Å². The molecule has 0 atom stereocenters. The minimum absolute atomic E-state index is 0.153. The zero-order valence-corrected chi connectivity index (χ0v) is 17.0. The number of carbonyl (C=O) groups excluding carboxylic acids is 1. The summed E-state index contributed by atoms with van der Waals surface area (Å²) in [5.74, 6) is -0.296. The van der Waals surface area contributed by atoms with E-state index in [9.17, 15) is 18.0 Å². The van der Waals surface area contributed by atoms with E-state index in [-0.39, 0.29) is 19.1 Å². The quantitative estimate of drug-likeness (QED) is 0.475. The van der Waals surface area contributed by atoms with Gasteiger partial charge < -0.3 is 15.0 Å². The summed E-state index contributed by atoms with van der Waals surface area (Å²) in [4.78, 5) is 12.4. The number of aliphatic hydroxyl groups is 1. The van der Waals surface area contributed by atoms with Gasteiger partial charge in [-0.15, -0.1) is 0 Å². The first-order chi connectivity index (χ1) is 14.7. The highest BCUT2D eigenvalue weighted by Crippen LogP contribution is 2.35. The molecule has 0 aliphatic carbocycles. The first-order valence-electron chi connectivity index (χ1n) is 9.83. The normalized spacial score (nSPS) is 11.9. The molecule has 0 spiro atoms. The molecule has 1 heterocycles. The summed E-state index contributed by atoms with van der Waals surface area (Å²) in [5.41, 5.74) is 4.13. The van der Waals surface area contributed by atoms with E-state index in [1.165, 1.54) is 12.1 Å². The van der Waals surface area contributed by atoms with Crippen LogP contribution in [0.25, 0.3) is 27.5 Å². The highest BCUT2D eigenvalue weighted by atomic mass is 19.4. The lowest BCUT2D eigenvalue weighted by atomic mass is 10.0. The number of halogens is 3. The second kappa shape index (κ2) is 7.74. The van der Waals surface area contributed by atoms with Crippen LogP contribution in [0.1, 0.15) is 27.0 Å². The predicted molar refractivity (Wildman–Crippen MR) is 115 cm³/mol. The van der Waals surface area contributed by atoms with Crippen molar-refractivity contribution in [2.45, 2.75) is 20.0 Å². The minimum atomic E-state index is -4.40. The molecule has 0 aliphatic heterocycles. The molecule has 0 radical (unpaired) electrons. The zero-order chi connectivity index (χ0) is 22.3. The van der Waals surface area contributed by atoms with Crippen LogP contribution in [0.15, 0.2) is 54.6 Å². The van der Waals surface area contributed by atoms with Crippen molar-refractivity contribution in [1.82, 2.24) is 9.88 Å². The van der Waals surface area contributed by atoms with Gasteiger partial charge in [-0.05, 0) is 79.6 Å². The topological polar surface area (TPSA) is 54.3 Å². The molecule has 0 fully saturated rings. The molecule has 4 nitrogen and oxygen atoms in total. The molecule has 4 aromatic rings. The smallest absolute Gasteiger partial charge is 0.395 e. The lowest BCUT2D eigenvalue weighted by Gasteiger charge is -2.11. The third kappa shape index (κ3) is 3.77. The molecule has 2 N–H and O–H groups in total. The molecule has 3 aromatic carbocycles. The van der Waals surface area contributed by atoms with Crippen LogP contribution in [-0.4, -0.2) is 28.7 Å². The molecule has 1 aromatic heterocycles. The second-order valence-electron chi connectivity index (χ2n) is 7.55. The van der Waals surface area contributed by atoms with Gasteiger partial charge in [0, 0.05) is 28.6 Å². The number of nitrogens with one attached hydrogen (secondary N) is 1. The number of carbonyl (C=O) groups is 1. The molecular weight excluding hydrogens is 405 g/mol. The maximum atomic E-state index is 13.0. The number of amides is 1. The minimum Gasteiger partial charge on any atom is -0.395 e. The summed E-state index contributed by atoms with van der Waals surface area (Å²) >= 11 is 0. The number of hydrogen-bond donors (Lipinski definition) is 2. The van der Waals surface area contributed by atoms with Crippen molar-refractivity contribution in [3.63, 3.8) is 0 Å². The molecule has 0 saturated carbocycles. The fourth-order valence-electron chi connectivity index (χ4n) is 3.77. The Labute approximate surface area is 176 Å². The summed E-state index contributed by atoms with van der Waals surface area (Å²) in [7, 11) is 0. The first-order valence-corrected chi connectivity index (χ1v) is 9.83. The van der Waals surface area contributed by atoms with Gasteiger partial charge >= 0.3 is 6.18 Å². The Morgan fingerprint density at radius 1 is 0.935 bits per heavy atom. The maximum absolute atomic E-state index is 13.0. The maximum Gasteiger partial charge on any atom is 0.416 e. The Morgan fingerprint density at radius 2 is 1.58 bits per heavy atom. The second-order valence-corrected chi connectivity index (χ2v) is 7.55. The number of rotatable bonds is 4. The summed E-state index contributed by atoms with van der Waals surface area (Å²) in [6, 6.07) is 14.4. The number of aryl methyl sites for hydroxylation is 2. The number of aromatic nitrogens is 1. The van der Waals surface area contributed by atoms with Crippen molar-refractivity contribution < 1.29 is 23.1 Å². The average molecular weight is 426 g/mol. The van der Waals surface area contributed by atoms with E-state index in [1.54, 1.807) is 18.2 Å². The van der Waals surface area contributed by atoms with Gasteiger partial charge in [-0.1, -0.05) is 0 Å². The SMILES string of the molecule is Cc1cc2c3cc(C(=O)NCCO)ccc3n(-c3ccc(C(F)(F)F)cc3)c2cc1C. The third-order valence-electron chi connectivity index (χ3n) is 5.49. The fourth-order valence-corrected chi connectivity index (χ4v) is 3.77. The van der Waals surface area contributed by atoms with E-state index in [0.29, 0.717) is 11.3 Å². The fraction of sp³-hybridized carbons (Fsp3) is 0.208. The van der Waals surface area contributed by atoms with Gasteiger partial charge in [-0.25, -0.2) is 0 Å². The van der Waals surface area contributed by atoms with Crippen molar-refractivity contribution in [3.05, 3.63) is 76.9 Å². The molecule has 0 aliphatic rings. The summed E-state index contributed by atoms with van der Waals surface area (Å²) in [5, 5.41) is 13.3. The summed E-state index contributed by atoms with van der Waals surface area (Å²) < 4.78 is 41.0. The molecule has 7 heteroatoms. The van der Waals surface area contributed by atoms with Crippen LogP contribution >= 0.6 is 0 Å². The highest BCUT2D eigenvalue weighted by Gasteiger charge is 2.30. The molecule has 160 valence electrons. The predicted octanol–water partition coefficient (Wildman–Crippen LogP) is 5.14. The monoisotopic (exact) mass is 426 g/mol. The number of alkyl halides is 3. The van der Waals surface area contributed by atoms with Gasteiger partial charge in [-0.3, -0.25) is 4.79 Å². The van der Waals surface area contributed by atoms with Crippen molar-refractivity contribution >= 4 is 27.7 Å². The largest absolute Gasteiger partial charge is 0.416 e. The lowest BCUT2D eigenvalue weighted by molar-refractivity contribution is -0.137. The molecular formula is C24H21F3N2O2. The Bertz CT molecular complexity index is 1290. The van der Waals surface area contributed by atoms with Crippen molar-refractivity contribution in [1.29, 1.82) is 0 Å². The number of hydrogen-bond acceptors (Lipinski definition) is 2. The number of nitrogens with zero attached hydrogens (tertiary/aromatic N) is 1. The number of aliphatic hydroxyl groups excluding tert-OH is 1. The van der Waals surface area contributed by atoms with Crippen LogP contribution in [0.5, 0.6) is 0 Å².